The summed E-state index contributed by atoms with van der Waals surface area (Å²) in [6, 6.07) is 14.6. The summed E-state index contributed by atoms with van der Waals surface area (Å²) in [5.74, 6) is 0.804. The molecular formula is C21H15N7O. The van der Waals surface area contributed by atoms with E-state index in [0.29, 0.717) is 16.8 Å². The van der Waals surface area contributed by atoms with Crippen molar-refractivity contribution in [3.05, 3.63) is 71.3 Å². The van der Waals surface area contributed by atoms with E-state index in [1.54, 1.807) is 24.3 Å². The number of carbonyl (C=O) groups excluding carboxylic acids is 1. The summed E-state index contributed by atoms with van der Waals surface area (Å²) in [7, 11) is 0. The molecule has 0 aliphatic rings. The topological polar surface area (TPSA) is 129 Å². The third-order valence-electron chi connectivity index (χ3n) is 4.88. The van der Waals surface area contributed by atoms with Crippen LogP contribution in [0.1, 0.15) is 27.4 Å². The van der Waals surface area contributed by atoms with Crippen LogP contribution in [0.25, 0.3) is 27.6 Å². The first-order chi connectivity index (χ1) is 14.0. The van der Waals surface area contributed by atoms with E-state index >= 15 is 0 Å². The quantitative estimate of drug-likeness (QED) is 0.413. The predicted molar refractivity (Wildman–Crippen MR) is 109 cm³/mol. The van der Waals surface area contributed by atoms with Gasteiger partial charge in [0.25, 0.3) is 0 Å². The Morgan fingerprint density at radius 2 is 1.97 bits per heavy atom. The highest BCUT2D eigenvalue weighted by Crippen LogP contribution is 2.24. The van der Waals surface area contributed by atoms with E-state index in [9.17, 15) is 4.79 Å². The Kier molecular flexibility index (Phi) is 3.51. The number of fused-ring (bicyclic) bond motifs is 2. The van der Waals surface area contributed by atoms with Gasteiger partial charge in [-0.1, -0.05) is 0 Å². The second-order valence-corrected chi connectivity index (χ2v) is 6.80. The molecular weight excluding hydrogens is 366 g/mol. The molecule has 0 atom stereocenters. The molecule has 3 aromatic heterocycles. The van der Waals surface area contributed by atoms with Crippen molar-refractivity contribution in [1.82, 2.24) is 24.7 Å². The van der Waals surface area contributed by atoms with Crippen LogP contribution >= 0.6 is 0 Å². The Bertz CT molecular complexity index is 1460. The molecule has 140 valence electrons. The number of carbonyl (C=O) groups is 1. The van der Waals surface area contributed by atoms with Crippen molar-refractivity contribution in [3.8, 4) is 11.8 Å². The number of aromatic nitrogens is 5. The number of imidazole rings is 1. The lowest BCUT2D eigenvalue weighted by Gasteiger charge is -2.04. The van der Waals surface area contributed by atoms with Gasteiger partial charge in [0.2, 0.25) is 5.78 Å². The van der Waals surface area contributed by atoms with Crippen LogP contribution in [-0.4, -0.2) is 30.5 Å². The van der Waals surface area contributed by atoms with Gasteiger partial charge in [-0.2, -0.15) is 10.4 Å². The van der Waals surface area contributed by atoms with Crippen molar-refractivity contribution in [2.75, 3.05) is 5.73 Å². The SMILES string of the molecule is Cc1nc2cc(-n3ncc(C(=O)c4cc5cc(C#N)ccc5[nH]4)c3N)ccc2[nH]1. The summed E-state index contributed by atoms with van der Waals surface area (Å²) >= 11 is 0. The van der Waals surface area contributed by atoms with Crippen molar-refractivity contribution >= 4 is 33.5 Å². The molecule has 0 aliphatic carbocycles. The number of ketones is 1. The fraction of sp³-hybridized carbons (Fsp3) is 0.0476. The number of anilines is 1. The second-order valence-electron chi connectivity index (χ2n) is 6.80. The third-order valence-corrected chi connectivity index (χ3v) is 4.88. The van der Waals surface area contributed by atoms with Crippen molar-refractivity contribution < 1.29 is 4.79 Å². The fourth-order valence-corrected chi connectivity index (χ4v) is 3.46. The Balaban J connectivity index is 1.54. The number of nitrogen functional groups attached to an aromatic ring is 1. The summed E-state index contributed by atoms with van der Waals surface area (Å²) in [5.41, 5.74) is 10.7. The zero-order chi connectivity index (χ0) is 20.1. The third kappa shape index (κ3) is 2.64. The highest BCUT2D eigenvalue weighted by molar-refractivity contribution is 6.12. The monoisotopic (exact) mass is 381 g/mol. The Hall–Kier alpha value is -4.38. The van der Waals surface area contributed by atoms with Gasteiger partial charge in [-0.05, 0) is 49.4 Å². The van der Waals surface area contributed by atoms with Crippen LogP contribution < -0.4 is 5.73 Å². The Morgan fingerprint density at radius 1 is 1.14 bits per heavy atom. The number of aromatic amines is 2. The van der Waals surface area contributed by atoms with Gasteiger partial charge in [-0.25, -0.2) is 9.67 Å². The molecule has 5 rings (SSSR count). The number of H-pyrrole nitrogens is 2. The summed E-state index contributed by atoms with van der Waals surface area (Å²) in [6.45, 7) is 1.89. The van der Waals surface area contributed by atoms with Crippen molar-refractivity contribution in [2.45, 2.75) is 6.92 Å². The van der Waals surface area contributed by atoms with E-state index < -0.39 is 0 Å². The van der Waals surface area contributed by atoms with Crippen LogP contribution in [0.2, 0.25) is 0 Å². The first-order valence-corrected chi connectivity index (χ1v) is 8.91. The van der Waals surface area contributed by atoms with E-state index in [4.69, 9.17) is 11.0 Å². The molecule has 8 heteroatoms. The average molecular weight is 381 g/mol. The lowest BCUT2D eigenvalue weighted by Crippen LogP contribution is -2.07. The molecule has 4 N–H and O–H groups in total. The van der Waals surface area contributed by atoms with Crippen LogP contribution in [0, 0.1) is 18.3 Å². The second kappa shape index (κ2) is 6.07. The standard InChI is InChI=1S/C21H15N7O/c1-11-25-17-5-3-14(8-18(17)26-11)28-21(23)15(10-24-28)20(29)19-7-13-6-12(9-22)2-4-16(13)27-19/h2-8,10,27H,23H2,1H3,(H,25,26). The zero-order valence-corrected chi connectivity index (χ0v) is 15.4. The van der Waals surface area contributed by atoms with Crippen LogP contribution in [0.4, 0.5) is 5.82 Å². The predicted octanol–water partition coefficient (Wildman–Crippen LogP) is 3.22. The van der Waals surface area contributed by atoms with Gasteiger partial charge in [0.05, 0.1) is 45.8 Å². The van der Waals surface area contributed by atoms with Gasteiger partial charge in [0.15, 0.2) is 0 Å². The lowest BCUT2D eigenvalue weighted by atomic mass is 10.1. The van der Waals surface area contributed by atoms with E-state index in [1.165, 1.54) is 10.9 Å². The number of nitriles is 1. The zero-order valence-electron chi connectivity index (χ0n) is 15.4. The van der Waals surface area contributed by atoms with Crippen LogP contribution in [0.15, 0.2) is 48.7 Å². The van der Waals surface area contributed by atoms with Crippen LogP contribution in [-0.2, 0) is 0 Å². The molecule has 0 radical (unpaired) electrons. The van der Waals surface area contributed by atoms with Gasteiger partial charge in [0, 0.05) is 10.9 Å². The molecule has 3 heterocycles. The summed E-state index contributed by atoms with van der Waals surface area (Å²) in [4.78, 5) is 23.7. The van der Waals surface area contributed by atoms with Gasteiger partial charge >= 0.3 is 0 Å². The minimum Gasteiger partial charge on any atom is -0.383 e. The summed E-state index contributed by atoms with van der Waals surface area (Å²) < 4.78 is 1.52. The first-order valence-electron chi connectivity index (χ1n) is 8.91. The maximum absolute atomic E-state index is 13.0. The number of benzene rings is 2. The molecule has 0 unspecified atom stereocenters. The summed E-state index contributed by atoms with van der Waals surface area (Å²) in [6.07, 6.45) is 1.46. The molecule has 0 bridgehead atoms. The van der Waals surface area contributed by atoms with E-state index in [2.05, 4.69) is 26.1 Å². The number of aryl methyl sites for hydroxylation is 1. The number of nitrogens with zero attached hydrogens (tertiary/aromatic N) is 4. The highest BCUT2D eigenvalue weighted by Gasteiger charge is 2.20. The molecule has 0 fully saturated rings. The molecule has 0 saturated heterocycles. The van der Waals surface area contributed by atoms with Crippen LogP contribution in [0.5, 0.6) is 0 Å². The fourth-order valence-electron chi connectivity index (χ4n) is 3.46. The van der Waals surface area contributed by atoms with Gasteiger partial charge in [-0.15, -0.1) is 0 Å². The van der Waals surface area contributed by atoms with E-state index in [0.717, 1.165) is 33.4 Å². The first kappa shape index (κ1) is 16.8. The molecule has 2 aromatic carbocycles. The number of hydrogen-bond acceptors (Lipinski definition) is 5. The van der Waals surface area contributed by atoms with E-state index in [-0.39, 0.29) is 11.6 Å². The van der Waals surface area contributed by atoms with Gasteiger partial charge in [0.1, 0.15) is 11.6 Å². The highest BCUT2D eigenvalue weighted by atomic mass is 16.1. The number of nitrogens with two attached hydrogens (primary N) is 1. The number of nitrogens with one attached hydrogen (secondary N) is 2. The molecule has 0 amide bonds. The molecule has 0 spiro atoms. The maximum atomic E-state index is 13.0. The molecule has 0 aliphatic heterocycles. The number of hydrogen-bond donors (Lipinski definition) is 3. The van der Waals surface area contributed by atoms with E-state index in [1.807, 2.05) is 25.1 Å². The Labute approximate surface area is 164 Å². The number of rotatable bonds is 3. The molecule has 8 nitrogen and oxygen atoms in total. The van der Waals surface area contributed by atoms with Gasteiger partial charge < -0.3 is 15.7 Å². The average Bonchev–Trinajstić information content (AvgIpc) is 3.41. The largest absolute Gasteiger partial charge is 0.383 e. The normalized spacial score (nSPS) is 11.2. The van der Waals surface area contributed by atoms with Crippen LogP contribution in [0.3, 0.4) is 0 Å². The Morgan fingerprint density at radius 3 is 2.79 bits per heavy atom. The minimum atomic E-state index is -0.264. The lowest BCUT2D eigenvalue weighted by molar-refractivity contribution is 0.103. The summed E-state index contributed by atoms with van der Waals surface area (Å²) in [5, 5.41) is 14.1. The molecule has 5 aromatic rings. The van der Waals surface area contributed by atoms with Crippen molar-refractivity contribution in [3.63, 3.8) is 0 Å². The van der Waals surface area contributed by atoms with Crippen molar-refractivity contribution in [1.29, 1.82) is 5.26 Å². The molecule has 29 heavy (non-hydrogen) atoms. The smallest absolute Gasteiger partial charge is 0.214 e. The maximum Gasteiger partial charge on any atom is 0.214 e. The molecule has 0 saturated carbocycles. The van der Waals surface area contributed by atoms with Crippen molar-refractivity contribution in [2.24, 2.45) is 0 Å². The minimum absolute atomic E-state index is 0.248. The van der Waals surface area contributed by atoms with Gasteiger partial charge in [-0.3, -0.25) is 4.79 Å².